The number of hydrogen-bond donors (Lipinski definition) is 1. The molecule has 0 spiro atoms. The van der Waals surface area contributed by atoms with Gasteiger partial charge in [-0.05, 0) is 50.2 Å². The molecule has 0 amide bonds. The highest BCUT2D eigenvalue weighted by atomic mass is 16.5. The van der Waals surface area contributed by atoms with Gasteiger partial charge in [-0.3, -0.25) is 14.2 Å². The Balaban J connectivity index is 1.84. The van der Waals surface area contributed by atoms with Crippen molar-refractivity contribution in [1.82, 2.24) is 9.55 Å². The number of esters is 1. The summed E-state index contributed by atoms with van der Waals surface area (Å²) in [6.07, 6.45) is 3.13. The molecule has 6 nitrogen and oxygen atoms in total. The van der Waals surface area contributed by atoms with Crippen LogP contribution in [0.25, 0.3) is 10.9 Å². The second-order valence-electron chi connectivity index (χ2n) is 6.58. The lowest BCUT2D eigenvalue weighted by Crippen LogP contribution is -2.38. The predicted octanol–water partition coefficient (Wildman–Crippen LogP) is 1.98. The van der Waals surface area contributed by atoms with Crippen molar-refractivity contribution in [2.24, 2.45) is 11.8 Å². The molecule has 128 valence electrons. The summed E-state index contributed by atoms with van der Waals surface area (Å²) < 4.78 is 6.10. The quantitative estimate of drug-likeness (QED) is 0.873. The van der Waals surface area contributed by atoms with E-state index in [1.54, 1.807) is 6.07 Å². The van der Waals surface area contributed by atoms with Crippen LogP contribution in [-0.2, 0) is 16.1 Å². The Labute approximate surface area is 139 Å². The normalized spacial score (nSPS) is 20.9. The van der Waals surface area contributed by atoms with Crippen molar-refractivity contribution in [3.8, 4) is 0 Å². The Morgan fingerprint density at radius 3 is 2.62 bits per heavy atom. The number of nitrogens with zero attached hydrogens (tertiary/aromatic N) is 1. The molecule has 1 aromatic heterocycles. The van der Waals surface area contributed by atoms with Gasteiger partial charge in [-0.15, -0.1) is 0 Å². The van der Waals surface area contributed by atoms with Crippen LogP contribution in [0.1, 0.15) is 31.2 Å². The van der Waals surface area contributed by atoms with E-state index in [-0.39, 0.29) is 29.1 Å². The van der Waals surface area contributed by atoms with Gasteiger partial charge in [0.15, 0.2) is 0 Å². The Hall–Kier alpha value is -2.37. The molecule has 0 bridgehead atoms. The Morgan fingerprint density at radius 1 is 1.25 bits per heavy atom. The van der Waals surface area contributed by atoms with Gasteiger partial charge < -0.3 is 9.72 Å². The summed E-state index contributed by atoms with van der Waals surface area (Å²) in [5.74, 6) is 0.0103. The lowest BCUT2D eigenvalue weighted by atomic mass is 9.82. The maximum Gasteiger partial charge on any atom is 0.328 e. The van der Waals surface area contributed by atoms with Crippen LogP contribution in [0.15, 0.2) is 27.8 Å². The Morgan fingerprint density at radius 2 is 1.96 bits per heavy atom. The van der Waals surface area contributed by atoms with Crippen LogP contribution in [-0.4, -0.2) is 22.6 Å². The average molecular weight is 330 g/mol. The lowest BCUT2D eigenvalue weighted by Gasteiger charge is -2.27. The molecule has 1 N–H and O–H groups in total. The van der Waals surface area contributed by atoms with Crippen LogP contribution in [0.2, 0.25) is 0 Å². The SMILES string of the molecule is COC(=O)C1CCC(Cn2c(=O)[nH]c3cccc(C)c3c2=O)CC1. The zero-order valence-electron chi connectivity index (χ0n) is 14.0. The second kappa shape index (κ2) is 6.63. The number of aryl methyl sites for hydroxylation is 1. The maximum absolute atomic E-state index is 12.7. The number of fused-ring (bicyclic) bond motifs is 1. The van der Waals surface area contributed by atoms with Crippen molar-refractivity contribution in [1.29, 1.82) is 0 Å². The third-order valence-electron chi connectivity index (χ3n) is 5.04. The van der Waals surface area contributed by atoms with Gasteiger partial charge in [-0.25, -0.2) is 4.79 Å². The van der Waals surface area contributed by atoms with Crippen molar-refractivity contribution in [2.75, 3.05) is 7.11 Å². The van der Waals surface area contributed by atoms with Gasteiger partial charge in [-0.1, -0.05) is 12.1 Å². The summed E-state index contributed by atoms with van der Waals surface area (Å²) in [4.78, 5) is 39.4. The summed E-state index contributed by atoms with van der Waals surface area (Å²) in [6.45, 7) is 2.26. The van der Waals surface area contributed by atoms with Crippen molar-refractivity contribution >= 4 is 16.9 Å². The first kappa shape index (κ1) is 16.5. The fourth-order valence-electron chi connectivity index (χ4n) is 3.64. The van der Waals surface area contributed by atoms with Crippen molar-refractivity contribution in [2.45, 2.75) is 39.2 Å². The Kier molecular flexibility index (Phi) is 4.55. The van der Waals surface area contributed by atoms with Gasteiger partial charge in [0.25, 0.3) is 5.56 Å². The molecule has 0 aliphatic heterocycles. The highest BCUT2D eigenvalue weighted by molar-refractivity contribution is 5.80. The number of H-pyrrole nitrogens is 1. The highest BCUT2D eigenvalue weighted by Crippen LogP contribution is 2.30. The number of aromatic amines is 1. The van der Waals surface area contributed by atoms with Crippen molar-refractivity contribution < 1.29 is 9.53 Å². The second-order valence-corrected chi connectivity index (χ2v) is 6.58. The number of rotatable bonds is 3. The van der Waals surface area contributed by atoms with E-state index < -0.39 is 0 Å². The van der Waals surface area contributed by atoms with E-state index in [1.165, 1.54) is 11.7 Å². The standard InChI is InChI=1S/C18H22N2O4/c1-11-4-3-5-14-15(11)16(21)20(18(23)19-14)10-12-6-8-13(9-7-12)17(22)24-2/h3-5,12-13H,6-10H2,1-2H3,(H,19,23). The van der Waals surface area contributed by atoms with Crippen LogP contribution in [0.3, 0.4) is 0 Å². The van der Waals surface area contributed by atoms with Gasteiger partial charge in [0.1, 0.15) is 0 Å². The van der Waals surface area contributed by atoms with Crippen LogP contribution in [0.4, 0.5) is 0 Å². The highest BCUT2D eigenvalue weighted by Gasteiger charge is 2.27. The van der Waals surface area contributed by atoms with Crippen LogP contribution in [0, 0.1) is 18.8 Å². The van der Waals surface area contributed by atoms with Crippen LogP contribution < -0.4 is 11.2 Å². The molecule has 1 aliphatic rings. The van der Waals surface area contributed by atoms with Gasteiger partial charge in [0.2, 0.25) is 0 Å². The molecule has 3 rings (SSSR count). The van der Waals surface area contributed by atoms with Gasteiger partial charge in [-0.2, -0.15) is 0 Å². The van der Waals surface area contributed by atoms with E-state index in [2.05, 4.69) is 4.98 Å². The Bertz CT molecular complexity index is 873. The molecule has 1 fully saturated rings. The van der Waals surface area contributed by atoms with Gasteiger partial charge in [0, 0.05) is 6.54 Å². The topological polar surface area (TPSA) is 81.2 Å². The zero-order valence-corrected chi connectivity index (χ0v) is 14.0. The predicted molar refractivity (Wildman–Crippen MR) is 91.0 cm³/mol. The molecule has 0 saturated heterocycles. The van der Waals surface area contributed by atoms with E-state index >= 15 is 0 Å². The molecule has 1 aliphatic carbocycles. The molecule has 0 unspecified atom stereocenters. The summed E-state index contributed by atoms with van der Waals surface area (Å²) in [5.41, 5.74) is 0.836. The van der Waals surface area contributed by atoms with Crippen molar-refractivity contribution in [3.05, 3.63) is 44.6 Å². The van der Waals surface area contributed by atoms with Gasteiger partial charge in [0.05, 0.1) is 23.9 Å². The minimum absolute atomic E-state index is 0.0555. The third kappa shape index (κ3) is 3.00. The monoisotopic (exact) mass is 330 g/mol. The molecule has 24 heavy (non-hydrogen) atoms. The minimum atomic E-state index is -0.367. The number of benzene rings is 1. The number of methoxy groups -OCH3 is 1. The molecule has 2 aromatic rings. The maximum atomic E-state index is 12.7. The lowest BCUT2D eigenvalue weighted by molar-refractivity contribution is -0.146. The number of carbonyl (C=O) groups is 1. The first-order valence-corrected chi connectivity index (χ1v) is 8.31. The van der Waals surface area contributed by atoms with Crippen LogP contribution >= 0.6 is 0 Å². The van der Waals surface area contributed by atoms with Crippen LogP contribution in [0.5, 0.6) is 0 Å². The molecule has 1 aromatic carbocycles. The molecule has 1 saturated carbocycles. The zero-order chi connectivity index (χ0) is 17.3. The van der Waals surface area contributed by atoms with Crippen molar-refractivity contribution in [3.63, 3.8) is 0 Å². The molecule has 1 heterocycles. The molecular weight excluding hydrogens is 308 g/mol. The first-order chi connectivity index (χ1) is 11.5. The number of ether oxygens (including phenoxy) is 1. The average Bonchev–Trinajstić information content (AvgIpc) is 2.58. The number of hydrogen-bond acceptors (Lipinski definition) is 4. The largest absolute Gasteiger partial charge is 0.469 e. The first-order valence-electron chi connectivity index (χ1n) is 8.31. The summed E-state index contributed by atoms with van der Waals surface area (Å²) in [5, 5.41) is 0.570. The summed E-state index contributed by atoms with van der Waals surface area (Å²) >= 11 is 0. The summed E-state index contributed by atoms with van der Waals surface area (Å²) in [6, 6.07) is 5.44. The molecule has 6 heteroatoms. The molecule has 0 atom stereocenters. The van der Waals surface area contributed by atoms with E-state index in [0.717, 1.165) is 31.2 Å². The third-order valence-corrected chi connectivity index (χ3v) is 5.04. The molecular formula is C18H22N2O4. The number of nitrogens with one attached hydrogen (secondary N) is 1. The molecule has 0 radical (unpaired) electrons. The fourth-order valence-corrected chi connectivity index (χ4v) is 3.64. The number of aromatic nitrogens is 2. The van der Waals surface area contributed by atoms with E-state index in [0.29, 0.717) is 17.4 Å². The number of carbonyl (C=O) groups excluding carboxylic acids is 1. The summed E-state index contributed by atoms with van der Waals surface area (Å²) in [7, 11) is 1.41. The van der Waals surface area contributed by atoms with Gasteiger partial charge >= 0.3 is 11.7 Å². The minimum Gasteiger partial charge on any atom is -0.469 e. The smallest absolute Gasteiger partial charge is 0.328 e. The van der Waals surface area contributed by atoms with E-state index in [4.69, 9.17) is 4.74 Å². The van der Waals surface area contributed by atoms with E-state index in [1.807, 2.05) is 19.1 Å². The fraction of sp³-hybridized carbons (Fsp3) is 0.500. The van der Waals surface area contributed by atoms with E-state index in [9.17, 15) is 14.4 Å².